The Balaban J connectivity index is 1.24. The maximum Gasteiger partial charge on any atom is 0.234 e. The Morgan fingerprint density at radius 3 is 2.06 bits per heavy atom. The number of likely N-dealkylation sites (tertiary alicyclic amines) is 1. The quantitative estimate of drug-likeness (QED) is 0.635. The normalized spacial score (nSPS) is 15.5. The van der Waals surface area contributed by atoms with Crippen LogP contribution in [-0.2, 0) is 9.59 Å². The molecule has 2 amide bonds. The number of amides is 2. The second-order valence-electron chi connectivity index (χ2n) is 8.41. The third-order valence-electron chi connectivity index (χ3n) is 6.33. The van der Waals surface area contributed by atoms with E-state index in [1.807, 2.05) is 71.6 Å². The summed E-state index contributed by atoms with van der Waals surface area (Å²) >= 11 is 0. The average molecular weight is 443 g/mol. The van der Waals surface area contributed by atoms with Crippen LogP contribution < -0.4 is 14.8 Å². The number of carbonyl (C=O) groups is 2. The van der Waals surface area contributed by atoms with Crippen LogP contribution in [0.25, 0.3) is 0 Å². The molecule has 168 valence electrons. The fourth-order valence-electron chi connectivity index (χ4n) is 4.53. The molecule has 0 aromatic heterocycles. The largest absolute Gasteiger partial charge is 0.454 e. The molecule has 1 saturated heterocycles. The van der Waals surface area contributed by atoms with Crippen molar-refractivity contribution in [2.24, 2.45) is 5.92 Å². The number of ether oxygens (including phenoxy) is 2. The Morgan fingerprint density at radius 1 is 0.818 bits per heavy atom. The molecular formula is C27H26N2O4. The van der Waals surface area contributed by atoms with Gasteiger partial charge in [-0.15, -0.1) is 0 Å². The van der Waals surface area contributed by atoms with E-state index in [0.717, 1.165) is 11.1 Å². The highest BCUT2D eigenvalue weighted by molar-refractivity contribution is 5.93. The molecule has 2 aliphatic heterocycles. The number of rotatable bonds is 5. The number of piperidine rings is 1. The molecule has 5 rings (SSSR count). The van der Waals surface area contributed by atoms with Gasteiger partial charge in [-0.3, -0.25) is 9.59 Å². The fourth-order valence-corrected chi connectivity index (χ4v) is 4.53. The zero-order valence-electron chi connectivity index (χ0n) is 18.3. The molecule has 3 aromatic carbocycles. The topological polar surface area (TPSA) is 67.9 Å². The predicted octanol–water partition coefficient (Wildman–Crippen LogP) is 4.42. The minimum absolute atomic E-state index is 0.0244. The number of nitrogens with zero attached hydrogens (tertiary/aromatic N) is 1. The zero-order chi connectivity index (χ0) is 22.6. The minimum atomic E-state index is -0.341. The molecular weight excluding hydrogens is 416 g/mol. The van der Waals surface area contributed by atoms with Crippen molar-refractivity contribution >= 4 is 17.5 Å². The Labute approximate surface area is 193 Å². The summed E-state index contributed by atoms with van der Waals surface area (Å²) in [6.45, 7) is 1.33. The van der Waals surface area contributed by atoms with Crippen molar-refractivity contribution in [1.29, 1.82) is 0 Å². The second kappa shape index (κ2) is 9.36. The monoisotopic (exact) mass is 442 g/mol. The highest BCUT2D eigenvalue weighted by Crippen LogP contribution is 2.35. The van der Waals surface area contributed by atoms with E-state index in [4.69, 9.17) is 9.47 Å². The smallest absolute Gasteiger partial charge is 0.234 e. The molecule has 6 nitrogen and oxygen atoms in total. The number of anilines is 1. The summed E-state index contributed by atoms with van der Waals surface area (Å²) in [5.41, 5.74) is 2.66. The molecule has 2 heterocycles. The molecule has 3 aromatic rings. The van der Waals surface area contributed by atoms with Gasteiger partial charge in [0.15, 0.2) is 11.5 Å². The van der Waals surface area contributed by atoms with Crippen molar-refractivity contribution in [2.75, 3.05) is 25.2 Å². The lowest BCUT2D eigenvalue weighted by Crippen LogP contribution is -2.43. The summed E-state index contributed by atoms with van der Waals surface area (Å²) in [5, 5.41) is 2.98. The van der Waals surface area contributed by atoms with Crippen molar-refractivity contribution in [2.45, 2.75) is 18.8 Å². The Morgan fingerprint density at radius 2 is 1.42 bits per heavy atom. The molecule has 33 heavy (non-hydrogen) atoms. The zero-order valence-corrected chi connectivity index (χ0v) is 18.3. The van der Waals surface area contributed by atoms with E-state index in [9.17, 15) is 9.59 Å². The van der Waals surface area contributed by atoms with Gasteiger partial charge in [-0.1, -0.05) is 60.7 Å². The van der Waals surface area contributed by atoms with Gasteiger partial charge >= 0.3 is 0 Å². The highest BCUT2D eigenvalue weighted by Gasteiger charge is 2.32. The molecule has 0 unspecified atom stereocenters. The molecule has 0 bridgehead atoms. The second-order valence-corrected chi connectivity index (χ2v) is 8.41. The summed E-state index contributed by atoms with van der Waals surface area (Å²) in [6.07, 6.45) is 1.27. The maximum absolute atomic E-state index is 13.6. The van der Waals surface area contributed by atoms with Gasteiger partial charge in [-0.2, -0.15) is 0 Å². The van der Waals surface area contributed by atoms with E-state index in [-0.39, 0.29) is 30.4 Å². The van der Waals surface area contributed by atoms with Gasteiger partial charge in [0.2, 0.25) is 18.6 Å². The van der Waals surface area contributed by atoms with E-state index in [0.29, 0.717) is 43.1 Å². The predicted molar refractivity (Wildman–Crippen MR) is 125 cm³/mol. The number of hydrogen-bond donors (Lipinski definition) is 1. The lowest BCUT2D eigenvalue weighted by atomic mass is 9.88. The Kier molecular flexibility index (Phi) is 5.98. The number of hydrogen-bond acceptors (Lipinski definition) is 4. The number of fused-ring (bicyclic) bond motifs is 1. The van der Waals surface area contributed by atoms with Crippen molar-refractivity contribution in [3.63, 3.8) is 0 Å². The van der Waals surface area contributed by atoms with Crippen LogP contribution in [0.1, 0.15) is 29.9 Å². The molecule has 0 spiro atoms. The number of benzene rings is 3. The van der Waals surface area contributed by atoms with Crippen LogP contribution >= 0.6 is 0 Å². The molecule has 1 N–H and O–H groups in total. The third-order valence-corrected chi connectivity index (χ3v) is 6.33. The third kappa shape index (κ3) is 4.55. The highest BCUT2D eigenvalue weighted by atomic mass is 16.7. The summed E-state index contributed by atoms with van der Waals surface area (Å²) in [4.78, 5) is 28.3. The maximum atomic E-state index is 13.6. The van der Waals surface area contributed by atoms with E-state index < -0.39 is 0 Å². The van der Waals surface area contributed by atoms with Gasteiger partial charge in [0.05, 0.1) is 5.92 Å². The molecule has 0 atom stereocenters. The van der Waals surface area contributed by atoms with E-state index in [2.05, 4.69) is 5.32 Å². The molecule has 6 heteroatoms. The van der Waals surface area contributed by atoms with E-state index in [1.165, 1.54) is 0 Å². The summed E-state index contributed by atoms with van der Waals surface area (Å²) < 4.78 is 10.7. The van der Waals surface area contributed by atoms with Crippen LogP contribution in [0.4, 0.5) is 5.69 Å². The summed E-state index contributed by atoms with van der Waals surface area (Å²) in [5.74, 6) is 0.913. The first kappa shape index (κ1) is 21.1. The molecule has 1 fully saturated rings. The fraction of sp³-hybridized carbons (Fsp3) is 0.259. The van der Waals surface area contributed by atoms with Gasteiger partial charge in [-0.05, 0) is 36.1 Å². The SMILES string of the molecule is O=C(Nc1ccc2c(c1)OCO2)C1CCN(C(=O)C(c2ccccc2)c2ccccc2)CC1. The van der Waals surface area contributed by atoms with Crippen molar-refractivity contribution in [3.05, 3.63) is 90.0 Å². The Bertz CT molecular complexity index is 1090. The first-order valence-electron chi connectivity index (χ1n) is 11.3. The van der Waals surface area contributed by atoms with Gasteiger partial charge in [0, 0.05) is 30.8 Å². The van der Waals surface area contributed by atoms with Gasteiger partial charge in [0.1, 0.15) is 0 Å². The van der Waals surface area contributed by atoms with Crippen LogP contribution in [0.5, 0.6) is 11.5 Å². The lowest BCUT2D eigenvalue weighted by molar-refractivity contribution is -0.135. The molecule has 0 radical (unpaired) electrons. The van der Waals surface area contributed by atoms with E-state index in [1.54, 1.807) is 12.1 Å². The summed E-state index contributed by atoms with van der Waals surface area (Å²) in [7, 11) is 0. The Hall–Kier alpha value is -3.80. The van der Waals surface area contributed by atoms with E-state index >= 15 is 0 Å². The van der Waals surface area contributed by atoms with Crippen LogP contribution in [0.3, 0.4) is 0 Å². The van der Waals surface area contributed by atoms with Crippen LogP contribution in [0, 0.1) is 5.92 Å². The van der Waals surface area contributed by atoms with Crippen molar-refractivity contribution in [1.82, 2.24) is 4.90 Å². The molecule has 0 aliphatic carbocycles. The van der Waals surface area contributed by atoms with Gasteiger partial charge < -0.3 is 19.7 Å². The van der Waals surface area contributed by atoms with Crippen LogP contribution in [0.2, 0.25) is 0 Å². The number of nitrogens with one attached hydrogen (secondary N) is 1. The molecule has 2 aliphatic rings. The lowest BCUT2D eigenvalue weighted by Gasteiger charge is -2.34. The molecule has 0 saturated carbocycles. The average Bonchev–Trinajstić information content (AvgIpc) is 3.33. The minimum Gasteiger partial charge on any atom is -0.454 e. The van der Waals surface area contributed by atoms with Crippen molar-refractivity contribution in [3.8, 4) is 11.5 Å². The first-order valence-corrected chi connectivity index (χ1v) is 11.3. The number of carbonyl (C=O) groups excluding carboxylic acids is 2. The van der Waals surface area contributed by atoms with Gasteiger partial charge in [0.25, 0.3) is 0 Å². The van der Waals surface area contributed by atoms with Crippen LogP contribution in [-0.4, -0.2) is 36.6 Å². The van der Waals surface area contributed by atoms with Crippen molar-refractivity contribution < 1.29 is 19.1 Å². The van der Waals surface area contributed by atoms with Crippen LogP contribution in [0.15, 0.2) is 78.9 Å². The summed E-state index contributed by atoms with van der Waals surface area (Å²) in [6, 6.07) is 25.2. The first-order chi connectivity index (χ1) is 16.2. The van der Waals surface area contributed by atoms with Gasteiger partial charge in [-0.25, -0.2) is 0 Å². The standard InChI is InChI=1S/C27H26N2O4/c30-26(28-22-11-12-23-24(17-22)33-18-32-23)21-13-15-29(16-14-21)27(31)25(19-7-3-1-4-8-19)20-9-5-2-6-10-20/h1-12,17,21,25H,13-16,18H2,(H,28,30).